The smallest absolute Gasteiger partial charge is 0.269 e. The first-order valence-electron chi connectivity index (χ1n) is 19.5. The van der Waals surface area contributed by atoms with Gasteiger partial charge in [-0.15, -0.1) is 5.75 Å². The molecule has 1 aliphatic heterocycles. The van der Waals surface area contributed by atoms with Gasteiger partial charge in [-0.2, -0.15) is 0 Å². The van der Waals surface area contributed by atoms with Gasteiger partial charge in [0.15, 0.2) is 5.72 Å². The quantitative estimate of drug-likeness (QED) is 0.0670. The zero-order valence-corrected chi connectivity index (χ0v) is 32.4. The number of quaternary nitrogens is 1. The lowest BCUT2D eigenvalue weighted by atomic mass is 9.74. The molecule has 1 N–H and O–H groups in total. The fourth-order valence-corrected chi connectivity index (χ4v) is 7.80. The minimum absolute atomic E-state index is 0.0257. The number of nitro benzene ring substituents is 1. The molecular weight excluding hydrogens is 647 g/mol. The first-order valence-corrected chi connectivity index (χ1v) is 19.5. The summed E-state index contributed by atoms with van der Waals surface area (Å²) in [5, 5.41) is 36.5. The highest BCUT2D eigenvalue weighted by molar-refractivity contribution is 5.69. The molecule has 0 aliphatic carbocycles. The van der Waals surface area contributed by atoms with Crippen LogP contribution in [-0.4, -0.2) is 40.7 Å². The molecule has 1 atom stereocenters. The maximum Gasteiger partial charge on any atom is 0.269 e. The number of fused-ring (bicyclic) bond motifs is 1. The summed E-state index contributed by atoms with van der Waals surface area (Å²) in [5.74, 6) is -0.306. The van der Waals surface area contributed by atoms with Crippen molar-refractivity contribution >= 4 is 11.4 Å². The summed E-state index contributed by atoms with van der Waals surface area (Å²) in [6.45, 7) is 19.0. The monoisotopic (exact) mass is 707 g/mol. The topological polar surface area (TPSA) is 89.7 Å². The average molecular weight is 708 g/mol. The number of nitrogens with zero attached hydrogens (tertiary/aromatic N) is 3. The van der Waals surface area contributed by atoms with Crippen LogP contribution in [0.1, 0.15) is 110 Å². The van der Waals surface area contributed by atoms with Gasteiger partial charge in [0.1, 0.15) is 0 Å². The molecule has 0 bridgehead atoms. The van der Waals surface area contributed by atoms with Crippen molar-refractivity contribution in [2.24, 2.45) is 0 Å². The molecule has 7 nitrogen and oxygen atoms in total. The Morgan fingerprint density at radius 1 is 0.692 bits per heavy atom. The molecule has 0 aromatic heterocycles. The van der Waals surface area contributed by atoms with E-state index < -0.39 is 16.1 Å². The van der Waals surface area contributed by atoms with Crippen LogP contribution in [0.2, 0.25) is 0 Å². The summed E-state index contributed by atoms with van der Waals surface area (Å²) in [7, 11) is 0. The van der Waals surface area contributed by atoms with Crippen molar-refractivity contribution in [1.82, 2.24) is 0 Å². The highest BCUT2D eigenvalue weighted by Gasteiger charge is 2.57. The van der Waals surface area contributed by atoms with Crippen LogP contribution in [0.4, 0.5) is 11.4 Å². The van der Waals surface area contributed by atoms with Crippen molar-refractivity contribution in [2.75, 3.05) is 31.1 Å². The Morgan fingerprint density at radius 3 is 1.71 bits per heavy atom. The van der Waals surface area contributed by atoms with Gasteiger partial charge in [0, 0.05) is 35.3 Å². The Labute approximate surface area is 312 Å². The fourth-order valence-electron chi connectivity index (χ4n) is 7.80. The molecule has 4 aromatic rings. The number of para-hydroxylation sites is 1. The zero-order valence-electron chi connectivity index (χ0n) is 32.4. The van der Waals surface area contributed by atoms with Crippen molar-refractivity contribution in [3.05, 3.63) is 124 Å². The lowest BCUT2D eigenvalue weighted by Gasteiger charge is -2.44. The van der Waals surface area contributed by atoms with E-state index in [1.807, 2.05) is 92.7 Å². The van der Waals surface area contributed by atoms with Crippen LogP contribution in [0.5, 0.6) is 5.75 Å². The molecular formula is C45H61N3O4. The average Bonchev–Trinajstić information content (AvgIpc) is 3.34. The molecule has 1 aliphatic rings. The van der Waals surface area contributed by atoms with E-state index in [9.17, 15) is 20.3 Å². The molecule has 0 amide bonds. The third-order valence-electron chi connectivity index (χ3n) is 11.1. The number of unbranched alkanes of at least 4 members (excludes halogenated alkanes) is 4. The predicted molar refractivity (Wildman–Crippen MR) is 213 cm³/mol. The molecule has 1 unspecified atom stereocenters. The Bertz CT molecular complexity index is 1670. The van der Waals surface area contributed by atoms with E-state index in [0.29, 0.717) is 5.56 Å². The van der Waals surface area contributed by atoms with Crippen molar-refractivity contribution in [1.29, 1.82) is 0 Å². The van der Waals surface area contributed by atoms with Crippen LogP contribution >= 0.6 is 0 Å². The standard InChI is InChI=1S/C29H26N2O4.C16H36N/c1-28(2)25-10-6-7-11-26(25)30(19-22-18-24(31(34)35)16-17-27(22)32)29(28,33)23-14-12-21(13-15-23)20-8-4-3-5-9-20;1-5-9-13-17(14-10-6-2,15-11-7-3)16-12-8-4/h3-18,32-33H,19H2,1-2H3;5-16H2,1-4H3/q;+1/p-1. The van der Waals surface area contributed by atoms with Gasteiger partial charge in [-0.3, -0.25) is 10.1 Å². The van der Waals surface area contributed by atoms with E-state index in [4.69, 9.17) is 0 Å². The molecule has 1 heterocycles. The van der Waals surface area contributed by atoms with Crippen LogP contribution in [-0.2, 0) is 17.7 Å². The van der Waals surface area contributed by atoms with Crippen LogP contribution in [0.15, 0.2) is 97.1 Å². The Hall–Kier alpha value is -4.20. The van der Waals surface area contributed by atoms with Crippen molar-refractivity contribution in [2.45, 2.75) is 111 Å². The minimum Gasteiger partial charge on any atom is -0.872 e. The van der Waals surface area contributed by atoms with Gasteiger partial charge >= 0.3 is 0 Å². The van der Waals surface area contributed by atoms with Gasteiger partial charge in [0.25, 0.3) is 5.69 Å². The third-order valence-corrected chi connectivity index (χ3v) is 11.1. The summed E-state index contributed by atoms with van der Waals surface area (Å²) < 4.78 is 1.42. The van der Waals surface area contributed by atoms with E-state index in [-0.39, 0.29) is 23.5 Å². The molecule has 0 saturated heterocycles. The summed E-state index contributed by atoms with van der Waals surface area (Å²) in [6, 6.07) is 29.2. The number of aliphatic hydroxyl groups is 1. The lowest BCUT2D eigenvalue weighted by Crippen LogP contribution is -2.52. The predicted octanol–water partition coefficient (Wildman–Crippen LogP) is 10.5. The third kappa shape index (κ3) is 9.05. The van der Waals surface area contributed by atoms with Gasteiger partial charge in [-0.25, -0.2) is 0 Å². The van der Waals surface area contributed by atoms with E-state index in [2.05, 4.69) is 27.7 Å². The molecule has 0 fully saturated rings. The van der Waals surface area contributed by atoms with E-state index >= 15 is 0 Å². The van der Waals surface area contributed by atoms with Gasteiger partial charge in [0.2, 0.25) is 0 Å². The fraction of sp³-hybridized carbons (Fsp3) is 0.467. The van der Waals surface area contributed by atoms with Crippen LogP contribution in [0, 0.1) is 10.1 Å². The first kappa shape index (κ1) is 40.6. The molecule has 4 aromatic carbocycles. The SMILES string of the molecule is CC1(C)c2ccccc2N(Cc2cc([N+](=O)[O-])ccc2[O-])C1(O)c1ccc(-c2ccccc2)cc1.CCCC[N+](CCCC)(CCCC)CCCC. The molecule has 0 spiro atoms. The van der Waals surface area contributed by atoms with Crippen LogP contribution < -0.4 is 10.0 Å². The first-order chi connectivity index (χ1) is 25.0. The molecule has 5 rings (SSSR count). The second kappa shape index (κ2) is 18.5. The second-order valence-corrected chi connectivity index (χ2v) is 15.0. The highest BCUT2D eigenvalue weighted by Crippen LogP contribution is 2.56. The Balaban J connectivity index is 0.000000303. The van der Waals surface area contributed by atoms with E-state index in [1.54, 1.807) is 4.90 Å². The number of hydrogen-bond donors (Lipinski definition) is 1. The number of benzene rings is 4. The molecule has 7 heteroatoms. The second-order valence-electron chi connectivity index (χ2n) is 15.0. The molecule has 280 valence electrons. The number of anilines is 1. The summed E-state index contributed by atoms with van der Waals surface area (Å²) in [4.78, 5) is 12.6. The normalized spacial score (nSPS) is 16.2. The van der Waals surface area contributed by atoms with Crippen molar-refractivity contribution in [3.8, 4) is 16.9 Å². The Kier molecular flexibility index (Phi) is 14.5. The zero-order chi connectivity index (χ0) is 37.8. The lowest BCUT2D eigenvalue weighted by molar-refractivity contribution is -0.929. The maximum absolute atomic E-state index is 12.7. The van der Waals surface area contributed by atoms with Crippen molar-refractivity contribution < 1.29 is 19.6 Å². The molecule has 0 radical (unpaired) electrons. The van der Waals surface area contributed by atoms with Gasteiger partial charge in [-0.05, 0) is 54.0 Å². The van der Waals surface area contributed by atoms with Gasteiger partial charge < -0.3 is 19.6 Å². The number of non-ortho nitro benzene ring substituents is 1. The van der Waals surface area contributed by atoms with Gasteiger partial charge in [0.05, 0.1) is 31.1 Å². The summed E-state index contributed by atoms with van der Waals surface area (Å²) >= 11 is 0. The van der Waals surface area contributed by atoms with E-state index in [0.717, 1.165) is 22.4 Å². The van der Waals surface area contributed by atoms with Crippen LogP contribution in [0.25, 0.3) is 11.1 Å². The Morgan fingerprint density at radius 2 is 1.19 bits per heavy atom. The molecule has 52 heavy (non-hydrogen) atoms. The maximum atomic E-state index is 12.7. The minimum atomic E-state index is -1.50. The number of rotatable bonds is 17. The summed E-state index contributed by atoms with van der Waals surface area (Å²) in [6.07, 6.45) is 11.1. The van der Waals surface area contributed by atoms with E-state index in [1.165, 1.54) is 100 Å². The number of nitro groups is 1. The van der Waals surface area contributed by atoms with Crippen molar-refractivity contribution in [3.63, 3.8) is 0 Å². The molecule has 0 saturated carbocycles. The van der Waals surface area contributed by atoms with Crippen LogP contribution in [0.3, 0.4) is 0 Å². The highest BCUT2D eigenvalue weighted by atomic mass is 16.6. The summed E-state index contributed by atoms with van der Waals surface area (Å²) in [5.41, 5.74) is 2.38. The largest absolute Gasteiger partial charge is 0.872 e. The number of hydrogen-bond acceptors (Lipinski definition) is 5. The van der Waals surface area contributed by atoms with Gasteiger partial charge in [-0.1, -0.05) is 146 Å².